The van der Waals surface area contributed by atoms with Crippen LogP contribution in [0, 0.1) is 12.3 Å². The Hall–Kier alpha value is -3.28. The number of halogens is 3. The molecule has 1 atom stereocenters. The number of amides is 1. The molecule has 202 valence electrons. The number of aryl methyl sites for hydroxylation is 1. The van der Waals surface area contributed by atoms with Crippen molar-refractivity contribution in [2.75, 3.05) is 16.2 Å². The summed E-state index contributed by atoms with van der Waals surface area (Å²) in [5, 5.41) is 2.21. The number of benzene rings is 2. The molecule has 8 nitrogen and oxygen atoms in total. The van der Waals surface area contributed by atoms with E-state index in [0.29, 0.717) is 13.8 Å². The number of carbonyl (C=O) groups excluding carboxylic acids is 2. The molecule has 3 rings (SSSR count). The third-order valence-corrected chi connectivity index (χ3v) is 7.64. The molecule has 0 aromatic heterocycles. The summed E-state index contributed by atoms with van der Waals surface area (Å²) in [5.41, 5.74) is -2.58. The van der Waals surface area contributed by atoms with Crippen molar-refractivity contribution < 1.29 is 40.7 Å². The van der Waals surface area contributed by atoms with Crippen LogP contribution < -0.4 is 14.4 Å². The van der Waals surface area contributed by atoms with Gasteiger partial charge in [-0.15, -0.1) is 0 Å². The van der Waals surface area contributed by atoms with E-state index >= 15 is 0 Å². The Labute approximate surface area is 213 Å². The van der Waals surface area contributed by atoms with Gasteiger partial charge in [0, 0.05) is 11.1 Å². The Kier molecular flexibility index (Phi) is 7.56. The summed E-state index contributed by atoms with van der Waals surface area (Å²) in [5.74, 6) is 0.170. The van der Waals surface area contributed by atoms with Crippen LogP contribution in [0.3, 0.4) is 0 Å². The highest BCUT2D eigenvalue weighted by Crippen LogP contribution is 2.41. The molecular weight excluding hydrogens is 513 g/mol. The number of hydrogen-bond acceptors (Lipinski definition) is 6. The minimum absolute atomic E-state index is 0.00102. The molecule has 0 unspecified atom stereocenters. The maximum Gasteiger partial charge on any atom is 0.427 e. The van der Waals surface area contributed by atoms with Gasteiger partial charge in [0.15, 0.2) is 0 Å². The first-order valence-electron chi connectivity index (χ1n) is 11.4. The molecule has 12 heteroatoms. The SMILES string of the molecule is Cc1ccc(S(=O)(=O)N2C[C@H](CC(C)(C)C=O)Oc3ccc(NC(=O)OC(C)(C)C(F)(F)F)cc32)cc1. The largest absolute Gasteiger partial charge is 0.486 e. The Morgan fingerprint density at radius 1 is 1.14 bits per heavy atom. The zero-order valence-electron chi connectivity index (χ0n) is 21.0. The molecule has 1 aliphatic rings. The first kappa shape index (κ1) is 28.3. The van der Waals surface area contributed by atoms with Crippen LogP contribution in [0.4, 0.5) is 29.3 Å². The minimum atomic E-state index is -4.79. The van der Waals surface area contributed by atoms with Gasteiger partial charge in [0.05, 0.1) is 17.1 Å². The van der Waals surface area contributed by atoms with Crippen molar-refractivity contribution in [2.45, 2.75) is 63.8 Å². The third-order valence-electron chi connectivity index (χ3n) is 5.85. The van der Waals surface area contributed by atoms with Gasteiger partial charge in [-0.3, -0.25) is 9.62 Å². The van der Waals surface area contributed by atoms with E-state index in [1.807, 2.05) is 6.92 Å². The summed E-state index contributed by atoms with van der Waals surface area (Å²) in [6.07, 6.45) is -5.82. The fourth-order valence-electron chi connectivity index (χ4n) is 3.63. The molecule has 0 radical (unpaired) electrons. The van der Waals surface area contributed by atoms with Crippen molar-refractivity contribution in [3.05, 3.63) is 48.0 Å². The number of alkyl halides is 3. The molecule has 2 aromatic rings. The van der Waals surface area contributed by atoms with Crippen LogP contribution in [0.25, 0.3) is 0 Å². The number of nitrogens with one attached hydrogen (secondary N) is 1. The number of aldehydes is 1. The Morgan fingerprint density at radius 3 is 2.32 bits per heavy atom. The van der Waals surface area contributed by atoms with Gasteiger partial charge in [-0.1, -0.05) is 31.5 Å². The molecule has 1 N–H and O–H groups in total. The molecule has 37 heavy (non-hydrogen) atoms. The maximum absolute atomic E-state index is 13.6. The van der Waals surface area contributed by atoms with Gasteiger partial charge in [0.2, 0.25) is 5.60 Å². The zero-order valence-corrected chi connectivity index (χ0v) is 21.9. The van der Waals surface area contributed by atoms with Crippen molar-refractivity contribution in [1.82, 2.24) is 0 Å². The number of fused-ring (bicyclic) bond motifs is 1. The number of carbonyl (C=O) groups is 2. The van der Waals surface area contributed by atoms with Gasteiger partial charge in [-0.05, 0) is 57.5 Å². The van der Waals surface area contributed by atoms with Crippen LogP contribution in [0.1, 0.15) is 39.7 Å². The summed E-state index contributed by atoms with van der Waals surface area (Å²) in [4.78, 5) is 23.7. The standard InChI is InChI=1S/C25H29F3N2O6S/c1-16-6-9-19(10-7-16)37(33,34)30-14-18(13-23(2,3)15-31)35-21-11-8-17(12-20(21)30)29-22(32)36-24(4,5)25(26,27)28/h6-12,15,18H,13-14H2,1-5H3,(H,29,32)/t18-/m0/s1. The van der Waals surface area contributed by atoms with Crippen molar-refractivity contribution in [3.63, 3.8) is 0 Å². The van der Waals surface area contributed by atoms with E-state index in [9.17, 15) is 31.2 Å². The van der Waals surface area contributed by atoms with Crippen LogP contribution in [0.2, 0.25) is 0 Å². The van der Waals surface area contributed by atoms with E-state index in [4.69, 9.17) is 4.74 Å². The monoisotopic (exact) mass is 542 g/mol. The number of hydrogen-bond donors (Lipinski definition) is 1. The first-order valence-corrected chi connectivity index (χ1v) is 12.8. The van der Waals surface area contributed by atoms with E-state index in [1.54, 1.807) is 26.0 Å². The molecular formula is C25H29F3N2O6S. The molecule has 1 amide bonds. The first-order chi connectivity index (χ1) is 16.9. The van der Waals surface area contributed by atoms with Crippen LogP contribution in [-0.2, 0) is 19.6 Å². The van der Waals surface area contributed by atoms with Crippen LogP contribution >= 0.6 is 0 Å². The molecule has 2 aromatic carbocycles. The summed E-state index contributed by atoms with van der Waals surface area (Å²) in [7, 11) is -4.11. The Morgan fingerprint density at radius 2 is 1.76 bits per heavy atom. The summed E-state index contributed by atoms with van der Waals surface area (Å²) in [6, 6.07) is 10.3. The van der Waals surface area contributed by atoms with Crippen molar-refractivity contribution in [3.8, 4) is 5.75 Å². The highest BCUT2D eigenvalue weighted by molar-refractivity contribution is 7.92. The van der Waals surface area contributed by atoms with Crippen LogP contribution in [-0.4, -0.2) is 45.2 Å². The summed E-state index contributed by atoms with van der Waals surface area (Å²) >= 11 is 0. The lowest BCUT2D eigenvalue weighted by Crippen LogP contribution is -2.45. The van der Waals surface area contributed by atoms with Crippen LogP contribution in [0.5, 0.6) is 5.75 Å². The zero-order chi connectivity index (χ0) is 27.8. The predicted octanol–water partition coefficient (Wildman–Crippen LogP) is 5.46. The van der Waals surface area contributed by atoms with Crippen molar-refractivity contribution >= 4 is 33.8 Å². The lowest BCUT2D eigenvalue weighted by molar-refractivity contribution is -0.242. The highest BCUT2D eigenvalue weighted by atomic mass is 32.2. The fourth-order valence-corrected chi connectivity index (χ4v) is 5.13. The third kappa shape index (κ3) is 6.35. The average molecular weight is 543 g/mol. The lowest BCUT2D eigenvalue weighted by atomic mass is 9.88. The number of anilines is 2. The molecule has 0 fully saturated rings. The number of rotatable bonds is 7. The Bertz CT molecular complexity index is 1270. The topological polar surface area (TPSA) is 102 Å². The van der Waals surface area contributed by atoms with E-state index in [1.165, 1.54) is 30.3 Å². The van der Waals surface area contributed by atoms with E-state index in [0.717, 1.165) is 16.2 Å². The van der Waals surface area contributed by atoms with Crippen molar-refractivity contribution in [2.24, 2.45) is 5.41 Å². The molecule has 0 aliphatic carbocycles. The molecule has 0 spiro atoms. The minimum Gasteiger partial charge on any atom is -0.486 e. The van der Waals surface area contributed by atoms with Gasteiger partial charge >= 0.3 is 12.3 Å². The smallest absolute Gasteiger partial charge is 0.427 e. The second-order valence-corrected chi connectivity index (χ2v) is 12.0. The summed E-state index contributed by atoms with van der Waals surface area (Å²) < 4.78 is 78.2. The van der Waals surface area contributed by atoms with Crippen molar-refractivity contribution in [1.29, 1.82) is 0 Å². The quantitative estimate of drug-likeness (QED) is 0.467. The summed E-state index contributed by atoms with van der Waals surface area (Å²) in [6.45, 7) is 6.52. The van der Waals surface area contributed by atoms with E-state index < -0.39 is 39.4 Å². The molecule has 1 aliphatic heterocycles. The molecule has 1 heterocycles. The van der Waals surface area contributed by atoms with E-state index in [2.05, 4.69) is 10.1 Å². The van der Waals surface area contributed by atoms with Gasteiger partial charge in [0.25, 0.3) is 10.0 Å². The van der Waals surface area contributed by atoms with Gasteiger partial charge in [-0.2, -0.15) is 13.2 Å². The number of ether oxygens (including phenoxy) is 2. The predicted molar refractivity (Wildman–Crippen MR) is 131 cm³/mol. The Balaban J connectivity index is 1.98. The van der Waals surface area contributed by atoms with E-state index in [-0.39, 0.29) is 35.0 Å². The normalized spacial score (nSPS) is 16.4. The second-order valence-electron chi connectivity index (χ2n) is 10.1. The fraction of sp³-hybridized carbons (Fsp3) is 0.440. The maximum atomic E-state index is 13.6. The average Bonchev–Trinajstić information content (AvgIpc) is 2.77. The lowest BCUT2D eigenvalue weighted by Gasteiger charge is -2.37. The highest BCUT2D eigenvalue weighted by Gasteiger charge is 2.51. The van der Waals surface area contributed by atoms with Crippen LogP contribution in [0.15, 0.2) is 47.4 Å². The molecule has 0 saturated heterocycles. The molecule has 0 bridgehead atoms. The second kappa shape index (κ2) is 9.88. The van der Waals surface area contributed by atoms with Gasteiger partial charge in [-0.25, -0.2) is 13.2 Å². The van der Waals surface area contributed by atoms with Gasteiger partial charge < -0.3 is 14.3 Å². The number of nitrogens with zero attached hydrogens (tertiary/aromatic N) is 1. The number of sulfonamides is 1. The van der Waals surface area contributed by atoms with Gasteiger partial charge in [0.1, 0.15) is 18.1 Å². The molecule has 0 saturated carbocycles.